The molecule has 1 aromatic heterocycles. The molecule has 0 fully saturated rings. The van der Waals surface area contributed by atoms with Crippen molar-refractivity contribution in [1.82, 2.24) is 9.99 Å². The van der Waals surface area contributed by atoms with Gasteiger partial charge in [-0.05, 0) is 60.9 Å². The number of carbonyl (C=O) groups is 1. The van der Waals surface area contributed by atoms with Crippen LogP contribution in [-0.4, -0.2) is 23.1 Å². The van der Waals surface area contributed by atoms with Gasteiger partial charge in [-0.1, -0.05) is 29.8 Å². The number of pyridine rings is 1. The van der Waals surface area contributed by atoms with E-state index in [0.717, 1.165) is 43.6 Å². The summed E-state index contributed by atoms with van der Waals surface area (Å²) in [6.45, 7) is 4.17. The number of hydrogen-bond donors (Lipinski definition) is 2. The van der Waals surface area contributed by atoms with Gasteiger partial charge in [0.15, 0.2) is 0 Å². The largest absolute Gasteiger partial charge is 0.489 e. The van der Waals surface area contributed by atoms with E-state index in [-0.39, 0.29) is 6.61 Å². The van der Waals surface area contributed by atoms with E-state index in [1.165, 1.54) is 7.05 Å². The molecule has 0 atom stereocenters. The minimum atomic E-state index is -0.529. The first kappa shape index (κ1) is 21.6. The highest BCUT2D eigenvalue weighted by Crippen LogP contribution is 2.29. The number of nitrogens with two attached hydrogens (primary N) is 2. The molecule has 0 aliphatic carbocycles. The Labute approximate surface area is 180 Å². The van der Waals surface area contributed by atoms with E-state index in [1.54, 1.807) is 18.3 Å². The molecule has 4 N–H and O–H groups in total. The van der Waals surface area contributed by atoms with Crippen molar-refractivity contribution in [3.63, 3.8) is 0 Å². The number of aromatic nitrogens is 1. The molecule has 1 heterocycles. The predicted molar refractivity (Wildman–Crippen MR) is 119 cm³/mol. The molecule has 2 aromatic carbocycles. The maximum Gasteiger partial charge on any atom is 0.352 e. The number of benzene rings is 2. The van der Waals surface area contributed by atoms with Crippen molar-refractivity contribution in [2.24, 2.45) is 11.7 Å². The normalized spacial score (nSPS) is 10.6. The average molecular weight is 426 g/mol. The number of hydrazine groups is 2. The van der Waals surface area contributed by atoms with Crippen LogP contribution >= 0.6 is 11.6 Å². The van der Waals surface area contributed by atoms with Gasteiger partial charge in [0.2, 0.25) is 0 Å². The molecule has 0 saturated heterocycles. The second kappa shape index (κ2) is 9.13. The summed E-state index contributed by atoms with van der Waals surface area (Å²) in [4.78, 5) is 16.3. The summed E-state index contributed by atoms with van der Waals surface area (Å²) in [6.07, 6.45) is 1.73. The fourth-order valence-corrected chi connectivity index (χ4v) is 3.17. The summed E-state index contributed by atoms with van der Waals surface area (Å²) < 4.78 is 6.07. The third kappa shape index (κ3) is 4.71. The molecule has 30 heavy (non-hydrogen) atoms. The SMILES string of the molecule is Cc1cc(-c2ccc(Cl)nc2)ccc1OCc1c(C)cccc1N(N)C(=O)N(C)N. The number of ether oxygens (including phenoxy) is 1. The first-order valence-electron chi connectivity index (χ1n) is 9.29. The third-order valence-electron chi connectivity index (χ3n) is 4.76. The number of aryl methyl sites for hydroxylation is 2. The number of amides is 2. The van der Waals surface area contributed by atoms with Crippen LogP contribution in [0.1, 0.15) is 16.7 Å². The van der Waals surface area contributed by atoms with Crippen LogP contribution in [0.2, 0.25) is 5.15 Å². The molecular formula is C22H24ClN5O2. The minimum absolute atomic E-state index is 0.250. The van der Waals surface area contributed by atoms with E-state index < -0.39 is 6.03 Å². The Balaban J connectivity index is 1.82. The van der Waals surface area contributed by atoms with Gasteiger partial charge in [-0.3, -0.25) is 5.01 Å². The Bertz CT molecular complexity index is 1050. The van der Waals surface area contributed by atoms with Crippen LogP contribution in [-0.2, 0) is 6.61 Å². The Morgan fingerprint density at radius 1 is 1.07 bits per heavy atom. The molecule has 2 amide bonds. The van der Waals surface area contributed by atoms with Crippen LogP contribution in [0.15, 0.2) is 54.7 Å². The summed E-state index contributed by atoms with van der Waals surface area (Å²) in [7, 11) is 1.44. The van der Waals surface area contributed by atoms with Crippen LogP contribution in [0.25, 0.3) is 11.1 Å². The molecule has 0 bridgehead atoms. The summed E-state index contributed by atoms with van der Waals surface area (Å²) in [5.41, 5.74) is 5.26. The molecule has 0 aliphatic rings. The van der Waals surface area contributed by atoms with Gasteiger partial charge in [0, 0.05) is 24.4 Å². The fraction of sp³-hybridized carbons (Fsp3) is 0.182. The molecule has 156 valence electrons. The lowest BCUT2D eigenvalue weighted by molar-refractivity contribution is 0.216. The van der Waals surface area contributed by atoms with E-state index in [1.807, 2.05) is 50.2 Å². The summed E-state index contributed by atoms with van der Waals surface area (Å²) >= 11 is 5.87. The quantitative estimate of drug-likeness (QED) is 0.276. The van der Waals surface area contributed by atoms with Gasteiger partial charge in [0.25, 0.3) is 0 Å². The van der Waals surface area contributed by atoms with Crippen molar-refractivity contribution in [2.45, 2.75) is 20.5 Å². The number of rotatable bonds is 5. The fourth-order valence-electron chi connectivity index (χ4n) is 3.06. The maximum atomic E-state index is 12.2. The molecule has 3 rings (SSSR count). The molecule has 0 aliphatic heterocycles. The monoisotopic (exact) mass is 425 g/mol. The van der Waals surface area contributed by atoms with Crippen molar-refractivity contribution in [1.29, 1.82) is 0 Å². The van der Waals surface area contributed by atoms with Crippen molar-refractivity contribution in [2.75, 3.05) is 12.1 Å². The van der Waals surface area contributed by atoms with E-state index in [2.05, 4.69) is 4.98 Å². The zero-order chi connectivity index (χ0) is 21.8. The van der Waals surface area contributed by atoms with Gasteiger partial charge < -0.3 is 4.74 Å². The van der Waals surface area contributed by atoms with Crippen LogP contribution in [0.5, 0.6) is 5.75 Å². The van der Waals surface area contributed by atoms with Gasteiger partial charge in [-0.25, -0.2) is 26.5 Å². The number of urea groups is 1. The highest BCUT2D eigenvalue weighted by Gasteiger charge is 2.19. The first-order valence-corrected chi connectivity index (χ1v) is 9.67. The highest BCUT2D eigenvalue weighted by atomic mass is 35.5. The zero-order valence-electron chi connectivity index (χ0n) is 17.1. The first-order chi connectivity index (χ1) is 14.3. The van der Waals surface area contributed by atoms with Gasteiger partial charge in [0.1, 0.15) is 17.5 Å². The minimum Gasteiger partial charge on any atom is -0.489 e. The molecule has 0 radical (unpaired) electrons. The molecule has 0 saturated carbocycles. The lowest BCUT2D eigenvalue weighted by Crippen LogP contribution is -2.49. The third-order valence-corrected chi connectivity index (χ3v) is 4.98. The number of carbonyl (C=O) groups excluding carboxylic acids is 1. The summed E-state index contributed by atoms with van der Waals surface area (Å²) in [5.74, 6) is 12.3. The summed E-state index contributed by atoms with van der Waals surface area (Å²) in [6, 6.07) is 14.6. The smallest absolute Gasteiger partial charge is 0.352 e. The molecule has 8 heteroatoms. The maximum absolute atomic E-state index is 12.2. The second-order valence-electron chi connectivity index (χ2n) is 6.97. The lowest BCUT2D eigenvalue weighted by Gasteiger charge is -2.24. The van der Waals surface area contributed by atoms with E-state index in [0.29, 0.717) is 10.8 Å². The molecule has 3 aromatic rings. The molecule has 0 unspecified atom stereocenters. The van der Waals surface area contributed by atoms with Crippen molar-refractivity contribution < 1.29 is 9.53 Å². The topological polar surface area (TPSA) is 97.7 Å². The lowest BCUT2D eigenvalue weighted by atomic mass is 10.0. The summed E-state index contributed by atoms with van der Waals surface area (Å²) in [5, 5.41) is 2.41. The number of hydrogen-bond acceptors (Lipinski definition) is 5. The van der Waals surface area contributed by atoms with Gasteiger partial charge >= 0.3 is 6.03 Å². The predicted octanol–water partition coefficient (Wildman–Crippen LogP) is 4.20. The second-order valence-corrected chi connectivity index (χ2v) is 7.36. The van der Waals surface area contributed by atoms with Crippen molar-refractivity contribution >= 4 is 23.3 Å². The zero-order valence-corrected chi connectivity index (χ0v) is 17.8. The number of anilines is 1. The number of nitrogens with zero attached hydrogens (tertiary/aromatic N) is 3. The van der Waals surface area contributed by atoms with E-state index in [4.69, 9.17) is 28.0 Å². The molecular weight excluding hydrogens is 402 g/mol. The average Bonchev–Trinajstić information content (AvgIpc) is 2.73. The van der Waals surface area contributed by atoms with Crippen LogP contribution < -0.4 is 21.4 Å². The van der Waals surface area contributed by atoms with Gasteiger partial charge in [-0.15, -0.1) is 0 Å². The van der Waals surface area contributed by atoms with Crippen LogP contribution in [0.4, 0.5) is 10.5 Å². The number of halogens is 1. The Kier molecular flexibility index (Phi) is 6.56. The Hall–Kier alpha value is -3.13. The standard InChI is InChI=1S/C22H24ClN5O2/c1-14-5-4-6-19(28(25)22(29)27(3)24)18(14)13-30-20-9-7-16(11-15(20)2)17-8-10-21(23)26-12-17/h4-12H,13,24-25H2,1-3H3. The van der Waals surface area contributed by atoms with E-state index in [9.17, 15) is 4.79 Å². The Morgan fingerprint density at radius 3 is 2.43 bits per heavy atom. The molecule has 7 nitrogen and oxygen atoms in total. The highest BCUT2D eigenvalue weighted by molar-refractivity contribution is 6.29. The Morgan fingerprint density at radius 2 is 1.80 bits per heavy atom. The van der Waals surface area contributed by atoms with Crippen molar-refractivity contribution in [3.05, 3.63) is 76.6 Å². The van der Waals surface area contributed by atoms with Crippen molar-refractivity contribution in [3.8, 4) is 16.9 Å². The van der Waals surface area contributed by atoms with E-state index >= 15 is 0 Å². The molecule has 0 spiro atoms. The van der Waals surface area contributed by atoms with Gasteiger partial charge in [0.05, 0.1) is 5.69 Å². The van der Waals surface area contributed by atoms with Gasteiger partial charge in [-0.2, -0.15) is 0 Å². The van der Waals surface area contributed by atoms with Crippen LogP contribution in [0, 0.1) is 13.8 Å². The van der Waals surface area contributed by atoms with Crippen LogP contribution in [0.3, 0.4) is 0 Å².